The molecule has 5 heteroatoms. The Hall–Kier alpha value is -1.52. The Morgan fingerprint density at radius 2 is 2.00 bits per heavy atom. The number of halogens is 1. The highest BCUT2D eigenvalue weighted by Gasteiger charge is 2.11. The fourth-order valence-corrected chi connectivity index (χ4v) is 2.35. The monoisotopic (exact) mass is 279 g/mol. The summed E-state index contributed by atoms with van der Waals surface area (Å²) < 4.78 is 0. The first-order valence-corrected chi connectivity index (χ1v) is 6.39. The van der Waals surface area contributed by atoms with E-state index in [9.17, 15) is 4.79 Å². The summed E-state index contributed by atoms with van der Waals surface area (Å²) in [5.41, 5.74) is 1.25. The first-order valence-electron chi connectivity index (χ1n) is 5.19. The van der Waals surface area contributed by atoms with E-state index in [2.05, 4.69) is 4.98 Å². The summed E-state index contributed by atoms with van der Waals surface area (Å²) in [5.74, 6) is -1.05. The average molecular weight is 280 g/mol. The molecule has 92 valence electrons. The van der Waals surface area contributed by atoms with E-state index in [1.54, 1.807) is 0 Å². The minimum Gasteiger partial charge on any atom is -0.478 e. The van der Waals surface area contributed by atoms with E-state index in [-0.39, 0.29) is 10.6 Å². The lowest BCUT2D eigenvalue weighted by Crippen LogP contribution is -1.98. The summed E-state index contributed by atoms with van der Waals surface area (Å²) in [6, 6.07) is 9.41. The van der Waals surface area contributed by atoms with Gasteiger partial charge in [0, 0.05) is 11.1 Å². The lowest BCUT2D eigenvalue weighted by molar-refractivity contribution is 0.0696. The van der Waals surface area contributed by atoms with Crippen LogP contribution in [0.1, 0.15) is 15.9 Å². The number of benzene rings is 1. The fourth-order valence-electron chi connectivity index (χ4n) is 1.37. The van der Waals surface area contributed by atoms with Gasteiger partial charge in [-0.05, 0) is 25.1 Å². The number of aryl methyl sites for hydroxylation is 1. The van der Waals surface area contributed by atoms with Crippen molar-refractivity contribution in [3.8, 4) is 0 Å². The molecule has 3 nitrogen and oxygen atoms in total. The summed E-state index contributed by atoms with van der Waals surface area (Å²) in [5, 5.41) is 9.73. The van der Waals surface area contributed by atoms with Crippen LogP contribution in [0.25, 0.3) is 0 Å². The van der Waals surface area contributed by atoms with Crippen molar-refractivity contribution < 1.29 is 9.90 Å². The number of hydrogen-bond donors (Lipinski definition) is 1. The van der Waals surface area contributed by atoms with E-state index >= 15 is 0 Å². The van der Waals surface area contributed by atoms with Gasteiger partial charge in [-0.1, -0.05) is 41.1 Å². The third kappa shape index (κ3) is 3.03. The first kappa shape index (κ1) is 12.9. The number of carboxylic acid groups (broad SMARTS) is 1. The van der Waals surface area contributed by atoms with Crippen LogP contribution in [0, 0.1) is 6.92 Å². The number of nitrogens with zero attached hydrogens (tertiary/aromatic N) is 1. The number of aromatic carboxylic acids is 1. The molecule has 0 aliphatic rings. The molecule has 2 rings (SSSR count). The van der Waals surface area contributed by atoms with Crippen molar-refractivity contribution >= 4 is 29.3 Å². The van der Waals surface area contributed by atoms with E-state index in [0.29, 0.717) is 5.03 Å². The van der Waals surface area contributed by atoms with Crippen molar-refractivity contribution in [2.24, 2.45) is 0 Å². The molecule has 1 N–H and O–H groups in total. The van der Waals surface area contributed by atoms with Crippen LogP contribution in [0.3, 0.4) is 0 Å². The number of hydrogen-bond acceptors (Lipinski definition) is 3. The van der Waals surface area contributed by atoms with Crippen LogP contribution in [0.4, 0.5) is 0 Å². The largest absolute Gasteiger partial charge is 0.478 e. The zero-order valence-electron chi connectivity index (χ0n) is 9.55. The van der Waals surface area contributed by atoms with Gasteiger partial charge in [-0.15, -0.1) is 0 Å². The Morgan fingerprint density at radius 3 is 2.61 bits per heavy atom. The summed E-state index contributed by atoms with van der Waals surface area (Å²) in [7, 11) is 0. The predicted octanol–water partition coefficient (Wildman–Crippen LogP) is 3.89. The zero-order valence-corrected chi connectivity index (χ0v) is 11.1. The van der Waals surface area contributed by atoms with Crippen LogP contribution in [-0.2, 0) is 0 Å². The highest BCUT2D eigenvalue weighted by atomic mass is 35.5. The van der Waals surface area contributed by atoms with Crippen LogP contribution in [0.2, 0.25) is 5.02 Å². The Balaban J connectivity index is 2.27. The normalized spacial score (nSPS) is 10.3. The molecule has 0 spiro atoms. The molecule has 0 fully saturated rings. The first-order chi connectivity index (χ1) is 8.56. The molecule has 18 heavy (non-hydrogen) atoms. The molecule has 0 aliphatic carbocycles. The van der Waals surface area contributed by atoms with Gasteiger partial charge in [-0.25, -0.2) is 9.78 Å². The summed E-state index contributed by atoms with van der Waals surface area (Å²) in [4.78, 5) is 16.1. The van der Waals surface area contributed by atoms with E-state index in [1.165, 1.54) is 29.6 Å². The lowest BCUT2D eigenvalue weighted by Gasteiger charge is -2.04. The van der Waals surface area contributed by atoms with Crippen LogP contribution in [-0.4, -0.2) is 16.1 Å². The van der Waals surface area contributed by atoms with E-state index in [4.69, 9.17) is 16.7 Å². The van der Waals surface area contributed by atoms with Crippen LogP contribution >= 0.6 is 23.4 Å². The molecule has 0 unspecified atom stereocenters. The summed E-state index contributed by atoms with van der Waals surface area (Å²) >= 11 is 7.17. The molecular formula is C13H10ClNO2S. The van der Waals surface area contributed by atoms with Crippen molar-refractivity contribution in [3.63, 3.8) is 0 Å². The van der Waals surface area contributed by atoms with Gasteiger partial charge in [-0.3, -0.25) is 0 Å². The number of rotatable bonds is 3. The minimum atomic E-state index is -1.05. The van der Waals surface area contributed by atoms with Gasteiger partial charge in [0.05, 0.1) is 10.6 Å². The molecule has 1 aromatic heterocycles. The van der Waals surface area contributed by atoms with E-state index in [1.807, 2.05) is 31.2 Å². The maximum absolute atomic E-state index is 10.9. The Kier molecular flexibility index (Phi) is 3.89. The predicted molar refractivity (Wildman–Crippen MR) is 71.5 cm³/mol. The Morgan fingerprint density at radius 1 is 1.33 bits per heavy atom. The molecule has 0 saturated heterocycles. The van der Waals surface area contributed by atoms with Gasteiger partial charge in [-0.2, -0.15) is 0 Å². The molecule has 0 bridgehead atoms. The third-order valence-corrected chi connectivity index (χ3v) is 3.55. The zero-order chi connectivity index (χ0) is 13.1. The molecule has 0 amide bonds. The molecule has 1 heterocycles. The second kappa shape index (κ2) is 5.42. The number of carbonyl (C=O) groups is 1. The van der Waals surface area contributed by atoms with Crippen LogP contribution in [0.15, 0.2) is 46.5 Å². The number of aromatic nitrogens is 1. The highest BCUT2D eigenvalue weighted by Crippen LogP contribution is 2.28. The summed E-state index contributed by atoms with van der Waals surface area (Å²) in [6.07, 6.45) is 1.36. The van der Waals surface area contributed by atoms with E-state index in [0.717, 1.165) is 4.90 Å². The third-order valence-electron chi connectivity index (χ3n) is 2.30. The maximum Gasteiger partial charge on any atom is 0.337 e. The Labute approximate surface area is 114 Å². The van der Waals surface area contributed by atoms with Gasteiger partial charge >= 0.3 is 5.97 Å². The fraction of sp³-hybridized carbons (Fsp3) is 0.0769. The number of pyridine rings is 1. The van der Waals surface area contributed by atoms with Crippen molar-refractivity contribution in [1.82, 2.24) is 4.98 Å². The molecule has 0 atom stereocenters. The quantitative estimate of drug-likeness (QED) is 0.926. The van der Waals surface area contributed by atoms with Crippen LogP contribution in [0.5, 0.6) is 0 Å². The molecule has 2 aromatic rings. The standard InChI is InChI=1S/C13H10ClNO2S/c1-8-2-4-9(5-3-8)18-12-6-10(13(16)17)11(14)7-15-12/h2-7H,1H3,(H,16,17). The maximum atomic E-state index is 10.9. The second-order valence-corrected chi connectivity index (χ2v) is 5.22. The molecule has 0 saturated carbocycles. The molecule has 0 radical (unpaired) electrons. The molecule has 1 aromatic carbocycles. The molecule has 0 aliphatic heterocycles. The topological polar surface area (TPSA) is 50.2 Å². The number of carboxylic acids is 1. The average Bonchev–Trinajstić information content (AvgIpc) is 2.34. The van der Waals surface area contributed by atoms with Crippen molar-refractivity contribution in [2.75, 3.05) is 0 Å². The van der Waals surface area contributed by atoms with Crippen molar-refractivity contribution in [2.45, 2.75) is 16.8 Å². The SMILES string of the molecule is Cc1ccc(Sc2cc(C(=O)O)c(Cl)cn2)cc1. The van der Waals surface area contributed by atoms with Gasteiger partial charge in [0.2, 0.25) is 0 Å². The van der Waals surface area contributed by atoms with Gasteiger partial charge in [0.1, 0.15) is 5.03 Å². The molecular weight excluding hydrogens is 270 g/mol. The minimum absolute atomic E-state index is 0.0706. The van der Waals surface area contributed by atoms with Gasteiger partial charge < -0.3 is 5.11 Å². The second-order valence-electron chi connectivity index (χ2n) is 3.72. The summed E-state index contributed by atoms with van der Waals surface area (Å²) in [6.45, 7) is 2.01. The van der Waals surface area contributed by atoms with Gasteiger partial charge in [0.25, 0.3) is 0 Å². The lowest BCUT2D eigenvalue weighted by atomic mass is 10.2. The highest BCUT2D eigenvalue weighted by molar-refractivity contribution is 7.99. The van der Waals surface area contributed by atoms with Crippen molar-refractivity contribution in [1.29, 1.82) is 0 Å². The Bertz CT molecular complexity index is 584. The van der Waals surface area contributed by atoms with E-state index < -0.39 is 5.97 Å². The smallest absolute Gasteiger partial charge is 0.337 e. The van der Waals surface area contributed by atoms with Crippen LogP contribution < -0.4 is 0 Å². The van der Waals surface area contributed by atoms with Gasteiger partial charge in [0.15, 0.2) is 0 Å². The van der Waals surface area contributed by atoms with Crippen molar-refractivity contribution in [3.05, 3.63) is 52.7 Å².